The van der Waals surface area contributed by atoms with Crippen molar-refractivity contribution in [1.29, 1.82) is 0 Å². The van der Waals surface area contributed by atoms with Crippen LogP contribution in [-0.2, 0) is 25.7 Å². The lowest BCUT2D eigenvalue weighted by atomic mass is 10.1. The minimum absolute atomic E-state index is 0.0747. The molecular formula is C24H25N3O8. The molecule has 1 atom stereocenters. The van der Waals surface area contributed by atoms with E-state index in [0.717, 1.165) is 0 Å². The van der Waals surface area contributed by atoms with Crippen molar-refractivity contribution in [2.24, 2.45) is 0 Å². The molecule has 0 bridgehead atoms. The van der Waals surface area contributed by atoms with Gasteiger partial charge in [-0.1, -0.05) is 36.5 Å². The number of allylic oxidation sites excluding steroid dienone is 6. The van der Waals surface area contributed by atoms with Crippen LogP contribution in [-0.4, -0.2) is 62.3 Å². The number of carbonyl (C=O) groups is 5. The highest BCUT2D eigenvalue weighted by molar-refractivity contribution is 6.37. The monoisotopic (exact) mass is 483 g/mol. The van der Waals surface area contributed by atoms with Crippen LogP contribution in [0.4, 0.5) is 0 Å². The summed E-state index contributed by atoms with van der Waals surface area (Å²) >= 11 is 0. The van der Waals surface area contributed by atoms with E-state index >= 15 is 0 Å². The van der Waals surface area contributed by atoms with Crippen LogP contribution in [0.3, 0.4) is 0 Å². The Hall–Kier alpha value is -4.54. The lowest BCUT2D eigenvalue weighted by Gasteiger charge is -2.13. The standard InChI is InChI=1S/C24H25N3O8/c1-3-4-5-6-7-8-11-27-15(2)21(18(29)13-28)22-17(27)9-10-25-23(22)35-14-19(30)26-16(24(33)34)12-20(31)32/h3-10,13,16H,11-12,14H2,1-2H3,(H,26,30)(H,31,32)(H,33,34)/b4-3-,6-5-,8-7+. The molecule has 0 aliphatic carbocycles. The predicted octanol–water partition coefficient (Wildman–Crippen LogP) is 1.84. The molecule has 1 amide bonds. The summed E-state index contributed by atoms with van der Waals surface area (Å²) in [6.07, 6.45) is 11.9. The van der Waals surface area contributed by atoms with E-state index < -0.39 is 42.7 Å². The van der Waals surface area contributed by atoms with E-state index in [9.17, 15) is 24.0 Å². The van der Waals surface area contributed by atoms with E-state index in [4.69, 9.17) is 14.9 Å². The van der Waals surface area contributed by atoms with Gasteiger partial charge in [0.2, 0.25) is 11.7 Å². The Balaban J connectivity index is 2.36. The number of hydrogen-bond donors (Lipinski definition) is 3. The van der Waals surface area contributed by atoms with Crippen LogP contribution in [0.2, 0.25) is 0 Å². The predicted molar refractivity (Wildman–Crippen MR) is 125 cm³/mol. The molecule has 35 heavy (non-hydrogen) atoms. The smallest absolute Gasteiger partial charge is 0.326 e. The number of pyridine rings is 1. The van der Waals surface area contributed by atoms with Crippen LogP contribution in [0.1, 0.15) is 29.4 Å². The van der Waals surface area contributed by atoms with E-state index in [1.54, 1.807) is 17.6 Å². The second kappa shape index (κ2) is 12.6. The Morgan fingerprint density at radius 1 is 1.17 bits per heavy atom. The molecule has 2 aromatic heterocycles. The Morgan fingerprint density at radius 2 is 1.89 bits per heavy atom. The summed E-state index contributed by atoms with van der Waals surface area (Å²) in [4.78, 5) is 61.9. The van der Waals surface area contributed by atoms with Gasteiger partial charge in [0.25, 0.3) is 5.91 Å². The fourth-order valence-corrected chi connectivity index (χ4v) is 3.32. The molecule has 11 heteroatoms. The summed E-state index contributed by atoms with van der Waals surface area (Å²) in [6.45, 7) is 3.24. The molecule has 0 saturated carbocycles. The molecule has 0 aromatic carbocycles. The first-order valence-corrected chi connectivity index (χ1v) is 10.5. The number of aldehydes is 1. The summed E-state index contributed by atoms with van der Waals surface area (Å²) < 4.78 is 7.24. The highest BCUT2D eigenvalue weighted by Gasteiger charge is 2.25. The van der Waals surface area contributed by atoms with Crippen molar-refractivity contribution in [3.63, 3.8) is 0 Å². The summed E-state index contributed by atoms with van der Waals surface area (Å²) in [5.41, 5.74) is 1.11. The second-order valence-corrected chi connectivity index (χ2v) is 7.25. The third-order valence-electron chi connectivity index (χ3n) is 4.86. The maximum absolute atomic E-state index is 12.4. The van der Waals surface area contributed by atoms with E-state index in [2.05, 4.69) is 10.3 Å². The third kappa shape index (κ3) is 6.97. The number of carbonyl (C=O) groups excluding carboxylic acids is 3. The number of ether oxygens (including phenoxy) is 1. The molecule has 0 fully saturated rings. The van der Waals surface area contributed by atoms with Gasteiger partial charge in [-0.2, -0.15) is 0 Å². The molecular weight excluding hydrogens is 458 g/mol. The summed E-state index contributed by atoms with van der Waals surface area (Å²) in [5, 5.41) is 20.1. The van der Waals surface area contributed by atoms with Crippen molar-refractivity contribution in [3.05, 3.63) is 60.0 Å². The van der Waals surface area contributed by atoms with Gasteiger partial charge in [0.15, 0.2) is 12.9 Å². The van der Waals surface area contributed by atoms with Gasteiger partial charge in [-0.3, -0.25) is 19.2 Å². The van der Waals surface area contributed by atoms with Gasteiger partial charge in [-0.15, -0.1) is 0 Å². The zero-order chi connectivity index (χ0) is 26.0. The molecule has 3 N–H and O–H groups in total. The SMILES string of the molecule is C\C=C/C=C\C=C\Cn1c(C)c(C(=O)C=O)c2c(OCC(=O)NC(CC(=O)O)C(=O)O)nccc21. The number of rotatable bonds is 13. The normalized spacial score (nSPS) is 12.4. The first-order valence-electron chi connectivity index (χ1n) is 10.5. The molecule has 0 saturated heterocycles. The van der Waals surface area contributed by atoms with E-state index in [-0.39, 0.29) is 23.1 Å². The van der Waals surface area contributed by atoms with Crippen LogP contribution in [0.5, 0.6) is 5.88 Å². The molecule has 2 rings (SSSR count). The first kappa shape index (κ1) is 26.7. The Morgan fingerprint density at radius 3 is 2.51 bits per heavy atom. The summed E-state index contributed by atoms with van der Waals surface area (Å²) in [7, 11) is 0. The number of fused-ring (bicyclic) bond motifs is 1. The lowest BCUT2D eigenvalue weighted by Crippen LogP contribution is -2.44. The van der Waals surface area contributed by atoms with Gasteiger partial charge >= 0.3 is 11.9 Å². The minimum atomic E-state index is -1.64. The van der Waals surface area contributed by atoms with Crippen molar-refractivity contribution in [1.82, 2.24) is 14.9 Å². The van der Waals surface area contributed by atoms with Crippen LogP contribution < -0.4 is 10.1 Å². The number of nitrogens with zero attached hydrogens (tertiary/aromatic N) is 2. The highest BCUT2D eigenvalue weighted by Crippen LogP contribution is 2.32. The number of Topliss-reactive ketones (excluding diaryl/α,β-unsaturated/α-hetero) is 1. The second-order valence-electron chi connectivity index (χ2n) is 7.25. The number of aliphatic carboxylic acids is 2. The van der Waals surface area contributed by atoms with Crippen molar-refractivity contribution >= 4 is 40.8 Å². The lowest BCUT2D eigenvalue weighted by molar-refractivity contribution is -0.147. The minimum Gasteiger partial charge on any atom is -0.481 e. The Labute approximate surface area is 200 Å². The van der Waals surface area contributed by atoms with Gasteiger partial charge in [0.1, 0.15) is 6.04 Å². The summed E-state index contributed by atoms with van der Waals surface area (Å²) in [5.74, 6) is -4.70. The van der Waals surface area contributed by atoms with Gasteiger partial charge in [-0.25, -0.2) is 9.78 Å². The number of amides is 1. The number of ketones is 1. The quantitative estimate of drug-likeness (QED) is 0.167. The molecule has 11 nitrogen and oxygen atoms in total. The topological polar surface area (TPSA) is 165 Å². The van der Waals surface area contributed by atoms with Crippen molar-refractivity contribution in [2.45, 2.75) is 32.9 Å². The maximum Gasteiger partial charge on any atom is 0.326 e. The Kier molecular flexibility index (Phi) is 9.64. The molecule has 0 aliphatic heterocycles. The van der Waals surface area contributed by atoms with E-state index in [1.165, 1.54) is 6.20 Å². The third-order valence-corrected chi connectivity index (χ3v) is 4.86. The molecule has 1 unspecified atom stereocenters. The molecule has 0 aliphatic rings. The molecule has 0 radical (unpaired) electrons. The van der Waals surface area contributed by atoms with Gasteiger partial charge in [0, 0.05) is 18.4 Å². The maximum atomic E-state index is 12.4. The van der Waals surface area contributed by atoms with Gasteiger partial charge < -0.3 is 24.8 Å². The number of aromatic nitrogens is 2. The number of carboxylic acid groups (broad SMARTS) is 2. The van der Waals surface area contributed by atoms with Crippen LogP contribution >= 0.6 is 0 Å². The van der Waals surface area contributed by atoms with Crippen molar-refractivity contribution < 1.29 is 38.9 Å². The van der Waals surface area contributed by atoms with Crippen LogP contribution in [0.25, 0.3) is 10.9 Å². The fourth-order valence-electron chi connectivity index (χ4n) is 3.32. The van der Waals surface area contributed by atoms with E-state index in [1.807, 2.05) is 43.4 Å². The average molecular weight is 483 g/mol. The fraction of sp³-hybridized carbons (Fsp3) is 0.250. The average Bonchev–Trinajstić information content (AvgIpc) is 3.10. The highest BCUT2D eigenvalue weighted by atomic mass is 16.5. The van der Waals surface area contributed by atoms with Crippen LogP contribution in [0, 0.1) is 6.92 Å². The van der Waals surface area contributed by atoms with Crippen molar-refractivity contribution in [2.75, 3.05) is 6.61 Å². The number of nitrogens with one attached hydrogen (secondary N) is 1. The van der Waals surface area contributed by atoms with E-state index in [0.29, 0.717) is 17.8 Å². The van der Waals surface area contributed by atoms with Crippen molar-refractivity contribution in [3.8, 4) is 5.88 Å². The zero-order valence-corrected chi connectivity index (χ0v) is 19.1. The van der Waals surface area contributed by atoms with Gasteiger partial charge in [0.05, 0.1) is 22.9 Å². The molecule has 2 aromatic rings. The number of carboxylic acids is 2. The van der Waals surface area contributed by atoms with Gasteiger partial charge in [-0.05, 0) is 19.9 Å². The Bertz CT molecular complexity index is 1220. The largest absolute Gasteiger partial charge is 0.481 e. The molecule has 0 spiro atoms. The number of hydrogen-bond acceptors (Lipinski definition) is 7. The zero-order valence-electron chi connectivity index (χ0n) is 19.1. The molecule has 2 heterocycles. The first-order chi connectivity index (χ1) is 16.7. The van der Waals surface area contributed by atoms with Crippen LogP contribution in [0.15, 0.2) is 48.7 Å². The molecule has 184 valence electrons. The summed E-state index contributed by atoms with van der Waals surface area (Å²) in [6, 6.07) is -0.00949.